The van der Waals surface area contributed by atoms with Crippen molar-refractivity contribution < 1.29 is 0 Å². The van der Waals surface area contributed by atoms with E-state index in [1.807, 2.05) is 0 Å². The van der Waals surface area contributed by atoms with Crippen molar-refractivity contribution in [3.63, 3.8) is 0 Å². The van der Waals surface area contributed by atoms with Gasteiger partial charge in [-0.3, -0.25) is 0 Å². The monoisotopic (exact) mass is 295 g/mol. The van der Waals surface area contributed by atoms with Gasteiger partial charge in [0.15, 0.2) is 5.13 Å². The van der Waals surface area contributed by atoms with Crippen LogP contribution in [0.2, 0.25) is 0 Å². The summed E-state index contributed by atoms with van der Waals surface area (Å²) in [5.41, 5.74) is 2.18. The second-order valence-electron chi connectivity index (χ2n) is 4.59. The fourth-order valence-electron chi connectivity index (χ4n) is 1.84. The molecule has 0 fully saturated rings. The minimum atomic E-state index is 1.01. The molecule has 0 radical (unpaired) electrons. The molecule has 0 unspecified atom stereocenters. The topological polar surface area (TPSA) is 37.8 Å². The van der Waals surface area contributed by atoms with Crippen LogP contribution in [0.25, 0.3) is 10.6 Å². The van der Waals surface area contributed by atoms with Crippen LogP contribution in [-0.2, 0) is 6.42 Å². The molecule has 0 saturated heterocycles. The highest BCUT2D eigenvalue weighted by Gasteiger charge is 2.12. The van der Waals surface area contributed by atoms with Crippen molar-refractivity contribution in [3.05, 3.63) is 16.1 Å². The summed E-state index contributed by atoms with van der Waals surface area (Å²) in [6.45, 7) is 7.47. The van der Waals surface area contributed by atoms with E-state index in [0.717, 1.165) is 35.9 Å². The molecule has 0 atom stereocenters. The van der Waals surface area contributed by atoms with E-state index in [4.69, 9.17) is 0 Å². The number of unbranched alkanes of at least 4 members (excludes halogenated alkanes) is 1. The summed E-state index contributed by atoms with van der Waals surface area (Å²) in [5.74, 6) is 0. The lowest BCUT2D eigenvalue weighted by Gasteiger charge is -1.99. The molecule has 0 saturated carbocycles. The summed E-state index contributed by atoms with van der Waals surface area (Å²) in [7, 11) is 0. The van der Waals surface area contributed by atoms with E-state index < -0.39 is 0 Å². The molecule has 3 nitrogen and oxygen atoms in total. The van der Waals surface area contributed by atoms with Crippen LogP contribution in [0.4, 0.5) is 5.13 Å². The number of aryl methyl sites for hydroxylation is 2. The van der Waals surface area contributed by atoms with Gasteiger partial charge in [-0.15, -0.1) is 22.7 Å². The van der Waals surface area contributed by atoms with Gasteiger partial charge in [-0.1, -0.05) is 20.3 Å². The Morgan fingerprint density at radius 2 is 2.05 bits per heavy atom. The van der Waals surface area contributed by atoms with Gasteiger partial charge in [-0.25, -0.2) is 9.97 Å². The SMILES string of the molecule is CCCCNc1nc(-c2sc(CCC)nc2C)cs1. The molecule has 0 aliphatic rings. The summed E-state index contributed by atoms with van der Waals surface area (Å²) in [5, 5.41) is 7.76. The second-order valence-corrected chi connectivity index (χ2v) is 6.53. The maximum absolute atomic E-state index is 4.66. The average Bonchev–Trinajstić information content (AvgIpc) is 2.97. The van der Waals surface area contributed by atoms with Crippen LogP contribution >= 0.6 is 22.7 Å². The summed E-state index contributed by atoms with van der Waals surface area (Å²) in [4.78, 5) is 10.5. The van der Waals surface area contributed by atoms with Crippen LogP contribution in [0.5, 0.6) is 0 Å². The molecule has 2 rings (SSSR count). The normalized spacial score (nSPS) is 10.9. The van der Waals surface area contributed by atoms with E-state index in [-0.39, 0.29) is 0 Å². The predicted molar refractivity (Wildman–Crippen MR) is 85.4 cm³/mol. The number of hydrogen-bond donors (Lipinski definition) is 1. The zero-order valence-electron chi connectivity index (χ0n) is 11.8. The molecule has 0 bridgehead atoms. The van der Waals surface area contributed by atoms with E-state index in [2.05, 4.69) is 41.4 Å². The van der Waals surface area contributed by atoms with Crippen molar-refractivity contribution in [2.75, 3.05) is 11.9 Å². The van der Waals surface area contributed by atoms with Gasteiger partial charge in [0.05, 0.1) is 21.3 Å². The van der Waals surface area contributed by atoms with Gasteiger partial charge in [-0.2, -0.15) is 0 Å². The minimum absolute atomic E-state index is 1.01. The van der Waals surface area contributed by atoms with E-state index in [9.17, 15) is 0 Å². The third kappa shape index (κ3) is 3.76. The van der Waals surface area contributed by atoms with E-state index in [0.29, 0.717) is 0 Å². The minimum Gasteiger partial charge on any atom is -0.362 e. The Kier molecular flexibility index (Phi) is 5.34. The number of anilines is 1. The first-order valence-electron chi connectivity index (χ1n) is 6.90. The van der Waals surface area contributed by atoms with Crippen LogP contribution in [0.1, 0.15) is 43.8 Å². The molecule has 2 aromatic heterocycles. The molecule has 19 heavy (non-hydrogen) atoms. The number of nitrogens with zero attached hydrogens (tertiary/aromatic N) is 2. The molecule has 2 aromatic rings. The second kappa shape index (κ2) is 7.01. The number of rotatable bonds is 7. The Balaban J connectivity index is 2.09. The molecule has 104 valence electrons. The highest BCUT2D eigenvalue weighted by Crippen LogP contribution is 2.32. The highest BCUT2D eigenvalue weighted by molar-refractivity contribution is 7.16. The largest absolute Gasteiger partial charge is 0.362 e. The van der Waals surface area contributed by atoms with Crippen LogP contribution in [0, 0.1) is 6.92 Å². The first-order chi connectivity index (χ1) is 9.24. The molecular weight excluding hydrogens is 274 g/mol. The Hall–Kier alpha value is -0.940. The Labute approximate surface area is 123 Å². The van der Waals surface area contributed by atoms with E-state index in [1.165, 1.54) is 22.7 Å². The van der Waals surface area contributed by atoms with Gasteiger partial charge >= 0.3 is 0 Å². The van der Waals surface area contributed by atoms with Gasteiger partial charge in [0, 0.05) is 11.9 Å². The van der Waals surface area contributed by atoms with Crippen molar-refractivity contribution >= 4 is 27.8 Å². The molecule has 0 aliphatic carbocycles. The lowest BCUT2D eigenvalue weighted by Crippen LogP contribution is -1.99. The smallest absolute Gasteiger partial charge is 0.183 e. The van der Waals surface area contributed by atoms with Gasteiger partial charge < -0.3 is 5.32 Å². The third-order valence-corrected chi connectivity index (χ3v) is 4.89. The van der Waals surface area contributed by atoms with Gasteiger partial charge in [0.1, 0.15) is 0 Å². The lowest BCUT2D eigenvalue weighted by molar-refractivity contribution is 0.833. The van der Waals surface area contributed by atoms with Gasteiger partial charge in [0.2, 0.25) is 0 Å². The summed E-state index contributed by atoms with van der Waals surface area (Å²) >= 11 is 3.47. The van der Waals surface area contributed by atoms with Crippen molar-refractivity contribution in [1.29, 1.82) is 0 Å². The third-order valence-electron chi connectivity index (χ3n) is 2.85. The molecule has 0 aliphatic heterocycles. The van der Waals surface area contributed by atoms with Crippen LogP contribution in [0.15, 0.2) is 5.38 Å². The predicted octanol–water partition coefficient (Wildman–Crippen LogP) is 4.74. The Morgan fingerprint density at radius 3 is 2.79 bits per heavy atom. The van der Waals surface area contributed by atoms with Gasteiger partial charge in [-0.05, 0) is 26.2 Å². The first-order valence-corrected chi connectivity index (χ1v) is 8.60. The van der Waals surface area contributed by atoms with Crippen LogP contribution < -0.4 is 5.32 Å². The van der Waals surface area contributed by atoms with Crippen molar-refractivity contribution in [1.82, 2.24) is 9.97 Å². The zero-order valence-corrected chi connectivity index (χ0v) is 13.5. The maximum atomic E-state index is 4.66. The van der Waals surface area contributed by atoms with Crippen LogP contribution in [-0.4, -0.2) is 16.5 Å². The highest BCUT2D eigenvalue weighted by atomic mass is 32.1. The lowest BCUT2D eigenvalue weighted by atomic mass is 10.3. The fraction of sp³-hybridized carbons (Fsp3) is 0.571. The van der Waals surface area contributed by atoms with E-state index >= 15 is 0 Å². The summed E-state index contributed by atoms with van der Waals surface area (Å²) in [6.07, 6.45) is 4.61. The number of hydrogen-bond acceptors (Lipinski definition) is 5. The maximum Gasteiger partial charge on any atom is 0.183 e. The van der Waals surface area contributed by atoms with Crippen molar-refractivity contribution in [3.8, 4) is 10.6 Å². The summed E-state index contributed by atoms with van der Waals surface area (Å²) < 4.78 is 0. The Morgan fingerprint density at radius 1 is 1.21 bits per heavy atom. The average molecular weight is 295 g/mol. The zero-order chi connectivity index (χ0) is 13.7. The quantitative estimate of drug-likeness (QED) is 0.750. The number of nitrogens with one attached hydrogen (secondary N) is 1. The Bertz CT molecular complexity index is 516. The van der Waals surface area contributed by atoms with Crippen molar-refractivity contribution in [2.45, 2.75) is 46.5 Å². The number of thiazole rings is 2. The number of aromatic nitrogens is 2. The fourth-order valence-corrected chi connectivity index (χ4v) is 3.77. The molecule has 0 spiro atoms. The van der Waals surface area contributed by atoms with Crippen molar-refractivity contribution in [2.24, 2.45) is 0 Å². The summed E-state index contributed by atoms with van der Waals surface area (Å²) in [6, 6.07) is 0. The molecule has 1 N–H and O–H groups in total. The standard InChI is InChI=1S/C14H21N3S2/c1-4-6-8-15-14-17-11(9-18-14)13-10(3)16-12(19-13)7-5-2/h9H,4-8H2,1-3H3,(H,15,17). The molecule has 2 heterocycles. The first kappa shape index (κ1) is 14.5. The molecule has 0 aromatic carbocycles. The molecular formula is C14H21N3S2. The van der Waals surface area contributed by atoms with Crippen LogP contribution in [0.3, 0.4) is 0 Å². The molecule has 0 amide bonds. The van der Waals surface area contributed by atoms with E-state index in [1.54, 1.807) is 22.7 Å². The molecule has 5 heteroatoms. The van der Waals surface area contributed by atoms with Gasteiger partial charge in [0.25, 0.3) is 0 Å².